The number of amides is 2. The first-order valence-electron chi connectivity index (χ1n) is 5.33. The molecule has 92 valence electrons. The molecule has 0 aliphatic rings. The van der Waals surface area contributed by atoms with Crippen LogP contribution in [-0.2, 0) is 4.79 Å². The molecule has 0 spiro atoms. The van der Waals surface area contributed by atoms with E-state index in [2.05, 4.69) is 20.6 Å². The number of anilines is 2. The summed E-state index contributed by atoms with van der Waals surface area (Å²) in [5.41, 5.74) is 1.21. The monoisotopic (exact) mass is 244 g/mol. The number of benzene rings is 1. The number of nitrogens with one attached hydrogen (secondary N) is 3. The van der Waals surface area contributed by atoms with Crippen LogP contribution >= 0.6 is 0 Å². The molecule has 0 radical (unpaired) electrons. The van der Waals surface area contributed by atoms with E-state index in [4.69, 9.17) is 0 Å². The lowest BCUT2D eigenvalue weighted by Crippen LogP contribution is -2.14. The van der Waals surface area contributed by atoms with Crippen molar-refractivity contribution in [2.24, 2.45) is 0 Å². The summed E-state index contributed by atoms with van der Waals surface area (Å²) in [6, 6.07) is 6.88. The Bertz CT molecular complexity index is 563. The minimum atomic E-state index is -0.333. The second-order valence-electron chi connectivity index (χ2n) is 3.65. The molecule has 0 aliphatic carbocycles. The molecule has 0 aliphatic heterocycles. The molecule has 18 heavy (non-hydrogen) atoms. The van der Waals surface area contributed by atoms with Crippen molar-refractivity contribution in [3.8, 4) is 0 Å². The van der Waals surface area contributed by atoms with Crippen LogP contribution in [-0.4, -0.2) is 21.8 Å². The van der Waals surface area contributed by atoms with E-state index in [9.17, 15) is 9.59 Å². The molecule has 6 heteroatoms. The molecule has 1 heterocycles. The van der Waals surface area contributed by atoms with Gasteiger partial charge in [-0.05, 0) is 18.2 Å². The van der Waals surface area contributed by atoms with Crippen molar-refractivity contribution >= 4 is 23.2 Å². The van der Waals surface area contributed by atoms with Crippen molar-refractivity contribution in [3.05, 3.63) is 42.5 Å². The topological polar surface area (TPSA) is 86.9 Å². The molecule has 2 rings (SSSR count). The number of aromatic amines is 1. The maximum absolute atomic E-state index is 11.7. The van der Waals surface area contributed by atoms with Gasteiger partial charge >= 0.3 is 0 Å². The average molecular weight is 244 g/mol. The highest BCUT2D eigenvalue weighted by Gasteiger charge is 2.08. The van der Waals surface area contributed by atoms with Crippen molar-refractivity contribution < 1.29 is 9.59 Å². The molecule has 0 bridgehead atoms. The molecule has 0 atom stereocenters. The average Bonchev–Trinajstić information content (AvgIpc) is 2.81. The zero-order valence-electron chi connectivity index (χ0n) is 9.73. The fourth-order valence-corrected chi connectivity index (χ4v) is 1.46. The number of carbonyl (C=O) groups is 2. The number of imidazole rings is 1. The number of nitrogens with zero attached hydrogens (tertiary/aromatic N) is 1. The largest absolute Gasteiger partial charge is 0.341 e. The highest BCUT2D eigenvalue weighted by molar-refractivity contribution is 6.02. The van der Waals surface area contributed by atoms with E-state index in [1.165, 1.54) is 13.1 Å². The van der Waals surface area contributed by atoms with Gasteiger partial charge in [0, 0.05) is 30.7 Å². The minimum Gasteiger partial charge on any atom is -0.341 e. The minimum absolute atomic E-state index is 0.162. The molecule has 1 aromatic carbocycles. The van der Waals surface area contributed by atoms with Gasteiger partial charge in [0.1, 0.15) is 0 Å². The van der Waals surface area contributed by atoms with E-state index in [1.54, 1.807) is 30.5 Å². The van der Waals surface area contributed by atoms with Crippen molar-refractivity contribution in [2.45, 2.75) is 6.92 Å². The maximum atomic E-state index is 11.7. The Hall–Kier alpha value is -2.63. The Morgan fingerprint density at radius 3 is 2.56 bits per heavy atom. The summed E-state index contributed by atoms with van der Waals surface area (Å²) in [6.45, 7) is 1.42. The third kappa shape index (κ3) is 2.94. The van der Waals surface area contributed by atoms with Gasteiger partial charge in [-0.25, -0.2) is 4.98 Å². The zero-order valence-corrected chi connectivity index (χ0v) is 9.73. The highest BCUT2D eigenvalue weighted by atomic mass is 16.2. The Kier molecular flexibility index (Phi) is 3.38. The van der Waals surface area contributed by atoms with Gasteiger partial charge in [-0.1, -0.05) is 6.07 Å². The molecule has 3 N–H and O–H groups in total. The zero-order chi connectivity index (χ0) is 13.0. The van der Waals surface area contributed by atoms with Gasteiger partial charge in [-0.15, -0.1) is 0 Å². The lowest BCUT2D eigenvalue weighted by molar-refractivity contribution is -0.114. The molecule has 0 saturated heterocycles. The van der Waals surface area contributed by atoms with Gasteiger partial charge < -0.3 is 15.6 Å². The standard InChI is InChI=1S/C12H12N4O2/c1-8(17)15-9-3-2-4-10(7-9)16-12(18)11-13-5-6-14-11/h2-7H,1H3,(H,13,14)(H,15,17)(H,16,18). The number of aromatic nitrogens is 2. The molecule has 0 saturated carbocycles. The van der Waals surface area contributed by atoms with Crippen LogP contribution < -0.4 is 10.6 Å². The van der Waals surface area contributed by atoms with Crippen LogP contribution in [0.15, 0.2) is 36.7 Å². The first-order valence-corrected chi connectivity index (χ1v) is 5.33. The van der Waals surface area contributed by atoms with Crippen molar-refractivity contribution in [2.75, 3.05) is 10.6 Å². The van der Waals surface area contributed by atoms with Gasteiger partial charge in [-0.3, -0.25) is 9.59 Å². The lowest BCUT2D eigenvalue weighted by Gasteiger charge is -2.06. The molecule has 6 nitrogen and oxygen atoms in total. The van der Waals surface area contributed by atoms with Gasteiger partial charge in [0.05, 0.1) is 0 Å². The quantitative estimate of drug-likeness (QED) is 0.766. The number of hydrogen-bond acceptors (Lipinski definition) is 3. The van der Waals surface area contributed by atoms with E-state index in [-0.39, 0.29) is 17.6 Å². The summed E-state index contributed by atoms with van der Waals surface area (Å²) in [7, 11) is 0. The lowest BCUT2D eigenvalue weighted by atomic mass is 10.2. The summed E-state index contributed by atoms with van der Waals surface area (Å²) in [5, 5.41) is 5.31. The predicted octanol–water partition coefficient (Wildman–Crippen LogP) is 1.62. The Labute approximate surface area is 103 Å². The normalized spacial score (nSPS) is 9.83. The van der Waals surface area contributed by atoms with Crippen LogP contribution in [0.4, 0.5) is 11.4 Å². The number of H-pyrrole nitrogens is 1. The number of carbonyl (C=O) groups excluding carboxylic acids is 2. The fraction of sp³-hybridized carbons (Fsp3) is 0.0833. The number of rotatable bonds is 3. The third-order valence-corrected chi connectivity index (χ3v) is 2.15. The Morgan fingerprint density at radius 1 is 1.22 bits per heavy atom. The predicted molar refractivity (Wildman–Crippen MR) is 67.3 cm³/mol. The Morgan fingerprint density at radius 2 is 1.94 bits per heavy atom. The van der Waals surface area contributed by atoms with Gasteiger partial charge in [0.15, 0.2) is 5.82 Å². The molecular weight excluding hydrogens is 232 g/mol. The smallest absolute Gasteiger partial charge is 0.291 e. The summed E-state index contributed by atoms with van der Waals surface area (Å²) >= 11 is 0. The molecule has 1 aromatic heterocycles. The Balaban J connectivity index is 2.10. The van der Waals surface area contributed by atoms with Crippen LogP contribution in [0.3, 0.4) is 0 Å². The van der Waals surface area contributed by atoms with E-state index in [0.29, 0.717) is 11.4 Å². The third-order valence-electron chi connectivity index (χ3n) is 2.15. The second-order valence-corrected chi connectivity index (χ2v) is 3.65. The highest BCUT2D eigenvalue weighted by Crippen LogP contribution is 2.15. The van der Waals surface area contributed by atoms with Crippen molar-refractivity contribution in [1.82, 2.24) is 9.97 Å². The van der Waals surface area contributed by atoms with E-state index < -0.39 is 0 Å². The first kappa shape index (κ1) is 11.8. The van der Waals surface area contributed by atoms with Crippen molar-refractivity contribution in [3.63, 3.8) is 0 Å². The summed E-state index contributed by atoms with van der Waals surface area (Å²) in [5.74, 6) is -0.260. The summed E-state index contributed by atoms with van der Waals surface area (Å²) in [4.78, 5) is 29.2. The fourth-order valence-electron chi connectivity index (χ4n) is 1.46. The molecule has 2 aromatic rings. The molecule has 0 fully saturated rings. The maximum Gasteiger partial charge on any atom is 0.291 e. The molecule has 2 amide bonds. The summed E-state index contributed by atoms with van der Waals surface area (Å²) in [6.07, 6.45) is 3.07. The van der Waals surface area contributed by atoms with Crippen LogP contribution in [0.2, 0.25) is 0 Å². The van der Waals surface area contributed by atoms with Crippen molar-refractivity contribution in [1.29, 1.82) is 0 Å². The van der Waals surface area contributed by atoms with Crippen LogP contribution in [0.25, 0.3) is 0 Å². The summed E-state index contributed by atoms with van der Waals surface area (Å²) < 4.78 is 0. The molecule has 0 unspecified atom stereocenters. The molecular formula is C12H12N4O2. The van der Waals surface area contributed by atoms with Gasteiger partial charge in [0.2, 0.25) is 5.91 Å². The van der Waals surface area contributed by atoms with Gasteiger partial charge in [0.25, 0.3) is 5.91 Å². The SMILES string of the molecule is CC(=O)Nc1cccc(NC(=O)c2ncc[nH]2)c1. The van der Waals surface area contributed by atoms with Gasteiger partial charge in [-0.2, -0.15) is 0 Å². The van der Waals surface area contributed by atoms with E-state index >= 15 is 0 Å². The number of hydrogen-bond donors (Lipinski definition) is 3. The van der Waals surface area contributed by atoms with E-state index in [1.807, 2.05) is 0 Å². The van der Waals surface area contributed by atoms with Crippen LogP contribution in [0.1, 0.15) is 17.5 Å². The van der Waals surface area contributed by atoms with E-state index in [0.717, 1.165) is 0 Å². The first-order chi connectivity index (χ1) is 8.65. The van der Waals surface area contributed by atoms with Crippen LogP contribution in [0, 0.1) is 0 Å². The van der Waals surface area contributed by atoms with Crippen LogP contribution in [0.5, 0.6) is 0 Å². The second kappa shape index (κ2) is 5.13.